The third-order valence-corrected chi connectivity index (χ3v) is 23.4. The highest BCUT2D eigenvalue weighted by Crippen LogP contribution is 2.28. The lowest BCUT2D eigenvalue weighted by atomic mass is 9.83. The van der Waals surface area contributed by atoms with E-state index in [1.807, 2.05) is 6.92 Å². The van der Waals surface area contributed by atoms with Crippen molar-refractivity contribution in [3.8, 4) is 0 Å². The Hall–Kier alpha value is -12.5. The average molecular weight is 1760 g/mol. The number of H-pyrrole nitrogens is 1. The molecule has 1 aliphatic rings. The molecule has 1 aliphatic heterocycles. The molecule has 5 aromatic carbocycles. The Morgan fingerprint density at radius 2 is 0.992 bits per heavy atom. The van der Waals surface area contributed by atoms with Gasteiger partial charge in [-0.15, -0.1) is 11.8 Å². The number of amides is 13. The summed E-state index contributed by atoms with van der Waals surface area (Å²) >= 11 is 0.879. The number of Topliss-reactive ketones (excluding diaryl/α,β-unsaturated/α-hetero) is 3. The second-order valence-corrected chi connectivity index (χ2v) is 34.1. The SMILES string of the molecule is CCCC[C@H]1C(=O)N(C)CC(=O)C[C@@H](CC(N)=O)C(=O)C[C@@H](C(C)C)C(=O)N(C)[C@@H](Cc2ccccc2)C(=O)N[C@@H](CC(=O)O)C(=O)N(C)CC(=O)N[C@@H](Cc2c[nH]c3ccccc23)C(=O)N[C@@H](Cc2ccc(CN)cc2)C(=O)N[C@@H](CC(C)C)C(=O)N[C@H](C(=O)CCC(N)=O)CSCC(=O)N[C@@H](Cc2ccccc2)C(=O)N(C)[C@@H](Cc2ccccc2)C(=O)N1C. The average Bonchev–Trinajstić information content (AvgIpc) is 1.03. The van der Waals surface area contributed by atoms with Crippen molar-refractivity contribution in [2.75, 3.05) is 59.8 Å². The molecule has 1 fully saturated rings. The third-order valence-electron chi connectivity index (χ3n) is 22.3. The van der Waals surface area contributed by atoms with Gasteiger partial charge in [-0.05, 0) is 64.1 Å². The van der Waals surface area contributed by atoms with Crippen LogP contribution in [0.4, 0.5) is 0 Å². The van der Waals surface area contributed by atoms with Gasteiger partial charge in [0.25, 0.3) is 0 Å². The van der Waals surface area contributed by atoms with Crippen LogP contribution in [0.2, 0.25) is 0 Å². The van der Waals surface area contributed by atoms with Gasteiger partial charge >= 0.3 is 5.97 Å². The molecule has 126 heavy (non-hydrogen) atoms. The number of carbonyl (C=O) groups is 17. The molecule has 678 valence electrons. The lowest BCUT2D eigenvalue weighted by molar-refractivity contribution is -0.151. The number of rotatable bonds is 25. The van der Waals surface area contributed by atoms with E-state index in [0.29, 0.717) is 51.6 Å². The quantitative estimate of drug-likeness (QED) is 0.0391. The first kappa shape index (κ1) is 101. The number of hydrogen-bond donors (Lipinski definition) is 11. The molecule has 13 amide bonds. The van der Waals surface area contributed by atoms with Crippen molar-refractivity contribution in [1.82, 2.24) is 61.4 Å². The minimum absolute atomic E-state index is 0.0604. The minimum atomic E-state index is -1.93. The number of carbonyl (C=O) groups excluding carboxylic acids is 16. The van der Waals surface area contributed by atoms with Gasteiger partial charge in [0.1, 0.15) is 54.1 Å². The van der Waals surface area contributed by atoms with E-state index in [0.717, 1.165) is 39.1 Å². The first-order valence-corrected chi connectivity index (χ1v) is 43.5. The second-order valence-electron chi connectivity index (χ2n) is 33.1. The molecule has 0 radical (unpaired) electrons. The second kappa shape index (κ2) is 49.3. The molecule has 14 N–H and O–H groups in total. The summed E-state index contributed by atoms with van der Waals surface area (Å²) in [5.74, 6) is -19.5. The number of benzene rings is 5. The van der Waals surface area contributed by atoms with Crippen LogP contribution in [-0.2, 0) is 120 Å². The van der Waals surface area contributed by atoms with E-state index < -0.39 is 230 Å². The van der Waals surface area contributed by atoms with Crippen molar-refractivity contribution in [1.29, 1.82) is 0 Å². The number of nitrogens with one attached hydrogen (secondary N) is 7. The predicted molar refractivity (Wildman–Crippen MR) is 474 cm³/mol. The van der Waals surface area contributed by atoms with Gasteiger partial charge in [0.05, 0.1) is 31.3 Å². The van der Waals surface area contributed by atoms with E-state index in [9.17, 15) is 53.1 Å². The number of nitrogens with zero attached hydrogens (tertiary/aromatic N) is 5. The molecule has 11 atom stereocenters. The number of likely N-dealkylation sites (N-methyl/N-ethyl adjacent to an activating group) is 5. The Kier molecular flexibility index (Phi) is 39.4. The highest BCUT2D eigenvalue weighted by Gasteiger charge is 2.42. The van der Waals surface area contributed by atoms with Crippen LogP contribution in [0.25, 0.3) is 10.9 Å². The maximum absolute atomic E-state index is 15.5. The summed E-state index contributed by atoms with van der Waals surface area (Å²) < 4.78 is 0. The van der Waals surface area contributed by atoms with Crippen molar-refractivity contribution < 1.29 is 86.6 Å². The number of carboxylic acid groups (broad SMARTS) is 1. The number of carboxylic acids is 1. The van der Waals surface area contributed by atoms with Crippen LogP contribution in [0, 0.1) is 23.7 Å². The number of fused-ring (bicyclic) bond motifs is 1. The number of unbranched alkanes of at least 4 members (excludes halogenated alkanes) is 1. The molecule has 0 spiro atoms. The molecule has 0 saturated carbocycles. The van der Waals surface area contributed by atoms with Gasteiger partial charge in [-0.2, -0.15) is 0 Å². The highest BCUT2D eigenvalue weighted by atomic mass is 32.2. The summed E-state index contributed by atoms with van der Waals surface area (Å²) in [5, 5.41) is 27.3. The van der Waals surface area contributed by atoms with Gasteiger partial charge in [0.15, 0.2) is 11.6 Å². The molecule has 2 heterocycles. The summed E-state index contributed by atoms with van der Waals surface area (Å²) in [7, 11) is 6.55. The third kappa shape index (κ3) is 30.7. The smallest absolute Gasteiger partial charge is 0.305 e. The van der Waals surface area contributed by atoms with Crippen molar-refractivity contribution in [3.63, 3.8) is 0 Å². The van der Waals surface area contributed by atoms with Gasteiger partial charge < -0.3 is 83.7 Å². The van der Waals surface area contributed by atoms with Crippen molar-refractivity contribution in [2.24, 2.45) is 40.9 Å². The number of aliphatic carboxylic acids is 1. The Bertz CT molecular complexity index is 4800. The maximum Gasteiger partial charge on any atom is 0.305 e. The number of para-hydroxylation sites is 1. The topological polar surface area (TPSA) is 493 Å². The zero-order valence-electron chi connectivity index (χ0n) is 73.3. The van der Waals surface area contributed by atoms with Crippen molar-refractivity contribution >= 4 is 123 Å². The predicted octanol–water partition coefficient (Wildman–Crippen LogP) is 3.42. The van der Waals surface area contributed by atoms with E-state index in [4.69, 9.17) is 17.2 Å². The monoisotopic (exact) mass is 1760 g/mol. The Balaban J connectivity index is 1.32. The summed E-state index contributed by atoms with van der Waals surface area (Å²) in [6.45, 7) is 7.29. The van der Waals surface area contributed by atoms with E-state index in [2.05, 4.69) is 36.9 Å². The maximum atomic E-state index is 15.5. The van der Waals surface area contributed by atoms with Gasteiger partial charge in [-0.25, -0.2) is 0 Å². The summed E-state index contributed by atoms with van der Waals surface area (Å²) in [6, 6.07) is 26.1. The van der Waals surface area contributed by atoms with Crippen LogP contribution < -0.4 is 49.1 Å². The standard InChI is InChI=1S/C92H121N15O18S/c1-11-12-32-74-91(124)103(6)51-64(108)44-62(46-80(95)112)78(110)47-66(56(4)5)88(121)106(9)75(42-58-26-18-14-19-27-58)87(120)101-72(48-83(115)116)89(122)104(7)52-81(113)97-70(45-63-50-96-67-31-23-22-30-65(63)67)86(119)100-69(40-60-33-35-61(49-93)36-34-60)85(118)99-68(39-55(2)3)84(117)102-73(77(109)37-38-79(94)111)53-126-54-82(114)98-71(41-57-24-16-13-17-25-57)90(123)107(10)76(92(125)105(74)8)43-59-28-20-15-21-29-59/h13-31,33-36,50,55-56,62,66,68-76,96H,11-12,32,37-49,51-54,93H2,1-10H3,(H2,94,111)(H2,95,112)(H,97,113)(H,98,114)(H,99,118)(H,100,119)(H,101,120)(H,102,117)(H,115,116)/t62-,66-,68-,69-,70-,71-,72-,73-,74-,75-,76-/m0/s1. The molecule has 0 aliphatic carbocycles. The molecular formula is C92H121N15O18S. The number of nitrogens with two attached hydrogens (primary N) is 3. The molecule has 6 aromatic rings. The summed E-state index contributed by atoms with van der Waals surface area (Å²) in [5.41, 5.74) is 21.3. The summed E-state index contributed by atoms with van der Waals surface area (Å²) in [6.07, 6.45) is -2.22. The van der Waals surface area contributed by atoms with Crippen molar-refractivity contribution in [2.45, 2.75) is 192 Å². The minimum Gasteiger partial charge on any atom is -0.481 e. The highest BCUT2D eigenvalue weighted by molar-refractivity contribution is 8.00. The number of thioether (sulfide) groups is 1. The van der Waals surface area contributed by atoms with Crippen molar-refractivity contribution in [3.05, 3.63) is 179 Å². The molecule has 1 aromatic heterocycles. The zero-order valence-corrected chi connectivity index (χ0v) is 74.1. The fourth-order valence-corrected chi connectivity index (χ4v) is 16.1. The van der Waals surface area contributed by atoms with E-state index in [-0.39, 0.29) is 63.2 Å². The van der Waals surface area contributed by atoms with Crippen LogP contribution in [0.5, 0.6) is 0 Å². The number of aromatic amines is 1. The van der Waals surface area contributed by atoms with E-state index in [1.54, 1.807) is 173 Å². The first-order chi connectivity index (χ1) is 59.9. The van der Waals surface area contributed by atoms with Crippen LogP contribution in [0.1, 0.15) is 132 Å². The van der Waals surface area contributed by atoms with E-state index in [1.165, 1.54) is 38.0 Å². The Labute approximate surface area is 738 Å². The molecule has 34 heteroatoms. The molecule has 1 saturated heterocycles. The normalized spacial score (nSPS) is 22.3. The zero-order chi connectivity index (χ0) is 92.6. The number of primary amides is 2. The van der Waals surface area contributed by atoms with Crippen LogP contribution in [0.3, 0.4) is 0 Å². The van der Waals surface area contributed by atoms with Gasteiger partial charge in [0, 0.05) is 141 Å². The first-order valence-electron chi connectivity index (χ1n) is 42.3. The molecule has 33 nitrogen and oxygen atoms in total. The fourth-order valence-electron chi connectivity index (χ4n) is 15.2. The Morgan fingerprint density at radius 3 is 1.56 bits per heavy atom. The number of aromatic nitrogens is 1. The van der Waals surface area contributed by atoms with Gasteiger partial charge in [0.2, 0.25) is 76.8 Å². The lowest BCUT2D eigenvalue weighted by Crippen LogP contribution is -2.59. The van der Waals surface area contributed by atoms with E-state index >= 15 is 33.6 Å². The fraction of sp³-hybridized carbons (Fsp3) is 0.467. The van der Waals surface area contributed by atoms with Crippen LogP contribution in [-0.4, -0.2) is 249 Å². The molecular weight excluding hydrogens is 1640 g/mol. The largest absolute Gasteiger partial charge is 0.481 e. The molecule has 7 rings (SSSR count). The number of ketones is 3. The lowest BCUT2D eigenvalue weighted by Gasteiger charge is -2.37. The molecule has 0 unspecified atom stereocenters. The number of hydrogen-bond acceptors (Lipinski definition) is 19. The Morgan fingerprint density at radius 1 is 0.484 bits per heavy atom. The van der Waals surface area contributed by atoms with Crippen LogP contribution in [0.15, 0.2) is 146 Å². The van der Waals surface area contributed by atoms with Gasteiger partial charge in [-0.1, -0.05) is 181 Å². The summed E-state index contributed by atoms with van der Waals surface area (Å²) in [4.78, 5) is 256. The van der Waals surface area contributed by atoms with Crippen LogP contribution >= 0.6 is 11.8 Å². The molecule has 0 bridgehead atoms. The van der Waals surface area contributed by atoms with Gasteiger partial charge in [-0.3, -0.25) is 81.5 Å².